The molecule has 22 heavy (non-hydrogen) atoms. The van der Waals surface area contributed by atoms with E-state index in [2.05, 4.69) is 10.2 Å². The number of anilines is 1. The van der Waals surface area contributed by atoms with Crippen LogP contribution in [-0.2, 0) is 4.79 Å². The van der Waals surface area contributed by atoms with Crippen molar-refractivity contribution in [1.82, 2.24) is 5.32 Å². The number of thioether (sulfide) groups is 1. The molecule has 3 N–H and O–H groups in total. The second-order valence-electron chi connectivity index (χ2n) is 5.05. The summed E-state index contributed by atoms with van der Waals surface area (Å²) in [5.74, 6) is -0.357. The van der Waals surface area contributed by atoms with Gasteiger partial charge in [-0.25, -0.2) is 0 Å². The second-order valence-corrected chi connectivity index (χ2v) is 6.50. The second kappa shape index (κ2) is 6.91. The van der Waals surface area contributed by atoms with Gasteiger partial charge in [0.05, 0.1) is 4.91 Å². The number of amides is 2. The lowest BCUT2D eigenvalue weighted by atomic mass is 10.1. The Labute approximate surface area is 143 Å². The first-order valence-corrected chi connectivity index (χ1v) is 7.77. The maximum atomic E-state index is 11.7. The van der Waals surface area contributed by atoms with Crippen molar-refractivity contribution < 1.29 is 9.59 Å². The fourth-order valence-electron chi connectivity index (χ4n) is 2.48. The Hall–Kier alpha value is -1.21. The summed E-state index contributed by atoms with van der Waals surface area (Å²) in [6.45, 7) is 1.62. The fraction of sp³-hybridized carbons (Fsp3) is 0.286. The molecule has 3 rings (SSSR count). The topological polar surface area (TPSA) is 75.4 Å². The van der Waals surface area contributed by atoms with E-state index in [1.165, 1.54) is 0 Å². The molecule has 0 bridgehead atoms. The van der Waals surface area contributed by atoms with Crippen molar-refractivity contribution in [3.63, 3.8) is 0 Å². The van der Waals surface area contributed by atoms with Crippen LogP contribution in [0.1, 0.15) is 12.0 Å². The summed E-state index contributed by atoms with van der Waals surface area (Å²) in [7, 11) is 0. The third-order valence-corrected chi connectivity index (χ3v) is 4.53. The number of nitrogens with zero attached hydrogens (tertiary/aromatic N) is 1. The summed E-state index contributed by atoms with van der Waals surface area (Å²) in [4.78, 5) is 25.4. The molecule has 0 radical (unpaired) electrons. The number of hydrogen-bond donors (Lipinski definition) is 2. The Morgan fingerprint density at radius 2 is 2.18 bits per heavy atom. The number of benzene rings is 1. The lowest BCUT2D eigenvalue weighted by Gasteiger charge is -2.21. The molecule has 2 amide bonds. The minimum atomic E-state index is -0.357. The summed E-state index contributed by atoms with van der Waals surface area (Å²) in [5, 5.41) is 2.54. The largest absolute Gasteiger partial charge is 0.369 e. The zero-order chi connectivity index (χ0) is 15.0. The summed E-state index contributed by atoms with van der Waals surface area (Å²) in [5.41, 5.74) is 7.75. The van der Waals surface area contributed by atoms with Crippen molar-refractivity contribution in [2.24, 2.45) is 5.73 Å². The number of imide groups is 1. The number of hydrogen-bond acceptors (Lipinski definition) is 5. The molecule has 2 aliphatic heterocycles. The highest BCUT2D eigenvalue weighted by Crippen LogP contribution is 2.32. The van der Waals surface area contributed by atoms with Crippen LogP contribution in [0.25, 0.3) is 6.08 Å². The van der Waals surface area contributed by atoms with Crippen molar-refractivity contribution in [3.05, 3.63) is 33.7 Å². The van der Waals surface area contributed by atoms with Gasteiger partial charge in [0.15, 0.2) is 0 Å². The molecule has 0 spiro atoms. The minimum Gasteiger partial charge on any atom is -0.369 e. The van der Waals surface area contributed by atoms with Gasteiger partial charge in [0.1, 0.15) is 0 Å². The Balaban J connectivity index is 0.00000176. The van der Waals surface area contributed by atoms with E-state index < -0.39 is 0 Å². The highest BCUT2D eigenvalue weighted by Gasteiger charge is 2.26. The lowest BCUT2D eigenvalue weighted by Crippen LogP contribution is -2.26. The standard InChI is InChI=1S/C14H14ClN3O2S.ClH/c15-9-2-1-8(5-12-13(19)17-14(20)21-12)11(6-9)18-4-3-10(16)7-18;/h1-2,5-6,10H,3-4,7,16H2,(H,17,19,20);1H/b12-5-;. The average molecular weight is 360 g/mol. The first kappa shape index (κ1) is 17.1. The number of carbonyl (C=O) groups excluding carboxylic acids is 2. The van der Waals surface area contributed by atoms with Gasteiger partial charge in [-0.05, 0) is 42.0 Å². The van der Waals surface area contributed by atoms with Crippen LogP contribution in [-0.4, -0.2) is 30.3 Å². The van der Waals surface area contributed by atoms with Gasteiger partial charge in [-0.15, -0.1) is 12.4 Å². The van der Waals surface area contributed by atoms with Crippen LogP contribution < -0.4 is 16.0 Å². The molecule has 0 aromatic heterocycles. The van der Waals surface area contributed by atoms with E-state index in [9.17, 15) is 9.59 Å². The monoisotopic (exact) mass is 359 g/mol. The van der Waals surface area contributed by atoms with E-state index in [1.54, 1.807) is 12.1 Å². The van der Waals surface area contributed by atoms with Gasteiger partial charge < -0.3 is 10.6 Å². The molecule has 2 fully saturated rings. The van der Waals surface area contributed by atoms with Gasteiger partial charge in [0.25, 0.3) is 11.1 Å². The summed E-state index contributed by atoms with van der Waals surface area (Å²) < 4.78 is 0. The van der Waals surface area contributed by atoms with E-state index in [-0.39, 0.29) is 29.6 Å². The smallest absolute Gasteiger partial charge is 0.290 e. The van der Waals surface area contributed by atoms with E-state index in [4.69, 9.17) is 17.3 Å². The van der Waals surface area contributed by atoms with E-state index >= 15 is 0 Å². The summed E-state index contributed by atoms with van der Waals surface area (Å²) >= 11 is 6.99. The molecular formula is C14H15Cl2N3O2S. The molecule has 1 atom stereocenters. The van der Waals surface area contributed by atoms with Crippen LogP contribution in [0.15, 0.2) is 23.1 Å². The molecule has 118 valence electrons. The Morgan fingerprint density at radius 3 is 2.77 bits per heavy atom. The van der Waals surface area contributed by atoms with Crippen LogP contribution in [0.2, 0.25) is 5.02 Å². The van der Waals surface area contributed by atoms with E-state index in [0.717, 1.165) is 42.5 Å². The Kier molecular flexibility index (Phi) is 5.39. The SMILES string of the molecule is Cl.NC1CCN(c2cc(Cl)ccc2/C=C2\SC(=O)NC2=O)C1. The van der Waals surface area contributed by atoms with Gasteiger partial charge in [0, 0.05) is 29.8 Å². The van der Waals surface area contributed by atoms with Gasteiger partial charge >= 0.3 is 0 Å². The third kappa shape index (κ3) is 3.57. The van der Waals surface area contributed by atoms with Crippen molar-refractivity contribution in [2.75, 3.05) is 18.0 Å². The van der Waals surface area contributed by atoms with Gasteiger partial charge in [0.2, 0.25) is 0 Å². The Bertz CT molecular complexity index is 651. The first-order chi connectivity index (χ1) is 10.0. The maximum absolute atomic E-state index is 11.7. The highest BCUT2D eigenvalue weighted by atomic mass is 35.5. The first-order valence-electron chi connectivity index (χ1n) is 6.58. The molecule has 2 saturated heterocycles. The molecule has 1 aromatic rings. The van der Waals surface area contributed by atoms with E-state index in [0.29, 0.717) is 9.93 Å². The zero-order valence-electron chi connectivity index (χ0n) is 11.5. The number of carbonyl (C=O) groups is 2. The lowest BCUT2D eigenvalue weighted by molar-refractivity contribution is -0.115. The Morgan fingerprint density at radius 1 is 1.41 bits per heavy atom. The molecule has 0 saturated carbocycles. The van der Waals surface area contributed by atoms with Gasteiger partial charge in [-0.1, -0.05) is 17.7 Å². The molecule has 2 aliphatic rings. The van der Waals surface area contributed by atoms with Crippen molar-refractivity contribution in [2.45, 2.75) is 12.5 Å². The quantitative estimate of drug-likeness (QED) is 0.793. The highest BCUT2D eigenvalue weighted by molar-refractivity contribution is 8.18. The van der Waals surface area contributed by atoms with Crippen molar-refractivity contribution in [3.8, 4) is 0 Å². The number of nitrogens with one attached hydrogen (secondary N) is 1. The number of halogens is 2. The molecule has 8 heteroatoms. The fourth-order valence-corrected chi connectivity index (χ4v) is 3.32. The third-order valence-electron chi connectivity index (χ3n) is 3.49. The summed E-state index contributed by atoms with van der Waals surface area (Å²) in [6.07, 6.45) is 2.65. The summed E-state index contributed by atoms with van der Waals surface area (Å²) in [6, 6.07) is 5.64. The molecule has 0 aliphatic carbocycles. The number of rotatable bonds is 2. The van der Waals surface area contributed by atoms with Crippen LogP contribution in [0.5, 0.6) is 0 Å². The maximum Gasteiger partial charge on any atom is 0.290 e. The van der Waals surface area contributed by atoms with Crippen LogP contribution >= 0.6 is 35.8 Å². The predicted molar refractivity (Wildman–Crippen MR) is 92.6 cm³/mol. The van der Waals surface area contributed by atoms with Gasteiger partial charge in [-0.2, -0.15) is 0 Å². The van der Waals surface area contributed by atoms with Crippen LogP contribution in [0.3, 0.4) is 0 Å². The van der Waals surface area contributed by atoms with Gasteiger partial charge in [-0.3, -0.25) is 14.9 Å². The molecule has 1 unspecified atom stereocenters. The minimum absolute atomic E-state index is 0. The molecular weight excluding hydrogens is 345 g/mol. The van der Waals surface area contributed by atoms with Crippen molar-refractivity contribution >= 4 is 58.7 Å². The zero-order valence-corrected chi connectivity index (χ0v) is 13.9. The average Bonchev–Trinajstić information content (AvgIpc) is 2.98. The predicted octanol–water partition coefficient (Wildman–Crippen LogP) is 2.62. The molecule has 2 heterocycles. The van der Waals surface area contributed by atoms with Crippen LogP contribution in [0, 0.1) is 0 Å². The van der Waals surface area contributed by atoms with E-state index in [1.807, 2.05) is 12.1 Å². The number of nitrogens with two attached hydrogens (primary N) is 1. The molecule has 1 aromatic carbocycles. The van der Waals surface area contributed by atoms with Crippen molar-refractivity contribution in [1.29, 1.82) is 0 Å². The van der Waals surface area contributed by atoms with Crippen LogP contribution in [0.4, 0.5) is 10.5 Å². The normalized spacial score (nSPS) is 22.9. The molecule has 5 nitrogen and oxygen atoms in total.